The van der Waals surface area contributed by atoms with E-state index in [1.165, 1.54) is 12.0 Å². The van der Waals surface area contributed by atoms with E-state index in [0.29, 0.717) is 23.4 Å². The molecule has 7 heteroatoms. The highest BCUT2D eigenvalue weighted by atomic mass is 16.5. The molecule has 0 saturated heterocycles. The van der Waals surface area contributed by atoms with E-state index >= 15 is 0 Å². The van der Waals surface area contributed by atoms with Gasteiger partial charge in [-0.05, 0) is 54.0 Å². The number of hydrogen-bond donors (Lipinski definition) is 2. The number of methoxy groups -OCH3 is 1. The van der Waals surface area contributed by atoms with E-state index in [9.17, 15) is 14.4 Å². The van der Waals surface area contributed by atoms with Crippen molar-refractivity contribution in [2.24, 2.45) is 0 Å². The van der Waals surface area contributed by atoms with Crippen LogP contribution in [-0.2, 0) is 4.74 Å². The molecule has 1 aromatic rings. The summed E-state index contributed by atoms with van der Waals surface area (Å²) in [4.78, 5) is 41.7. The first kappa shape index (κ1) is 20.7. The van der Waals surface area contributed by atoms with Crippen LogP contribution in [0.25, 0.3) is 0 Å². The predicted octanol–water partition coefficient (Wildman–Crippen LogP) is 2.82. The highest BCUT2D eigenvalue weighted by Gasteiger charge is 2.31. The average molecular weight is 351 g/mol. The third-order valence-corrected chi connectivity index (χ3v) is 4.00. The number of urea groups is 1. The van der Waals surface area contributed by atoms with Gasteiger partial charge in [-0.3, -0.25) is 4.79 Å². The van der Waals surface area contributed by atoms with Gasteiger partial charge in [-0.25, -0.2) is 9.59 Å². The van der Waals surface area contributed by atoms with Gasteiger partial charge in [0.25, 0.3) is 0 Å². The number of likely N-dealkylation sites (N-methyl/N-ethyl adjacent to an activating group) is 1. The van der Waals surface area contributed by atoms with E-state index in [0.717, 1.165) is 0 Å². The van der Waals surface area contributed by atoms with Gasteiger partial charge in [0.15, 0.2) is 5.78 Å². The van der Waals surface area contributed by atoms with E-state index in [2.05, 4.69) is 10.3 Å². The Kier molecular flexibility index (Phi) is 6.40. The number of hydrogen-bond acceptors (Lipinski definition) is 4. The Morgan fingerprint density at radius 3 is 2.24 bits per heavy atom. The molecule has 1 unspecified atom stereocenters. The van der Waals surface area contributed by atoms with Crippen molar-refractivity contribution in [2.45, 2.75) is 60.0 Å². The minimum Gasteiger partial charge on any atom is -0.464 e. The van der Waals surface area contributed by atoms with E-state index in [4.69, 9.17) is 4.74 Å². The Morgan fingerprint density at radius 2 is 1.80 bits per heavy atom. The summed E-state index contributed by atoms with van der Waals surface area (Å²) in [6, 6.07) is -0.957. The molecule has 0 aliphatic heterocycles. The molecule has 1 rings (SSSR count). The molecule has 0 aromatic carbocycles. The van der Waals surface area contributed by atoms with Gasteiger partial charge >= 0.3 is 12.0 Å². The number of aryl methyl sites for hydroxylation is 1. The largest absolute Gasteiger partial charge is 0.464 e. The first-order valence-electron chi connectivity index (χ1n) is 8.35. The monoisotopic (exact) mass is 351 g/mol. The number of esters is 1. The van der Waals surface area contributed by atoms with E-state index in [1.54, 1.807) is 20.8 Å². The highest BCUT2D eigenvalue weighted by molar-refractivity contribution is 6.06. The van der Waals surface area contributed by atoms with Crippen LogP contribution in [0.2, 0.25) is 0 Å². The van der Waals surface area contributed by atoms with Gasteiger partial charge in [-0.2, -0.15) is 0 Å². The number of carbonyl (C=O) groups excluding carboxylic acids is 3. The molecule has 0 fully saturated rings. The smallest absolute Gasteiger partial charge is 0.354 e. The normalized spacial score (nSPS) is 12.5. The van der Waals surface area contributed by atoms with Crippen molar-refractivity contribution in [3.8, 4) is 0 Å². The molecule has 0 aliphatic carbocycles. The van der Waals surface area contributed by atoms with Gasteiger partial charge in [-0.15, -0.1) is 0 Å². The molecule has 2 N–H and O–H groups in total. The summed E-state index contributed by atoms with van der Waals surface area (Å²) in [6.45, 7) is 13.0. The minimum absolute atomic E-state index is 0.215. The molecule has 7 nitrogen and oxygen atoms in total. The molecule has 1 heterocycles. The fraction of sp³-hybridized carbons (Fsp3) is 0.611. The molecule has 140 valence electrons. The number of amides is 2. The van der Waals surface area contributed by atoms with Crippen molar-refractivity contribution in [1.29, 1.82) is 0 Å². The third kappa shape index (κ3) is 4.61. The van der Waals surface area contributed by atoms with Crippen LogP contribution in [0.3, 0.4) is 0 Å². The van der Waals surface area contributed by atoms with Gasteiger partial charge in [0.2, 0.25) is 0 Å². The average Bonchev–Trinajstić information content (AvgIpc) is 2.79. The first-order valence-corrected chi connectivity index (χ1v) is 8.35. The Hall–Kier alpha value is -2.31. The summed E-state index contributed by atoms with van der Waals surface area (Å²) in [6.07, 6.45) is 0. The zero-order valence-electron chi connectivity index (χ0n) is 16.4. The molecule has 0 radical (unpaired) electrons. The summed E-state index contributed by atoms with van der Waals surface area (Å²) in [5, 5.41) is 2.87. The van der Waals surface area contributed by atoms with Gasteiger partial charge in [0.1, 0.15) is 5.69 Å². The molecule has 0 aliphatic rings. The van der Waals surface area contributed by atoms with Crippen molar-refractivity contribution in [2.75, 3.05) is 13.7 Å². The Balaban J connectivity index is 3.15. The summed E-state index contributed by atoms with van der Waals surface area (Å²) >= 11 is 0. The fourth-order valence-corrected chi connectivity index (χ4v) is 2.76. The van der Waals surface area contributed by atoms with Gasteiger partial charge in [-0.1, -0.05) is 0 Å². The maximum atomic E-state index is 13.0. The number of carbonyl (C=O) groups is 3. The topological polar surface area (TPSA) is 91.5 Å². The summed E-state index contributed by atoms with van der Waals surface area (Å²) in [5.74, 6) is -0.738. The molecule has 0 saturated carbocycles. The second-order valence-electron chi connectivity index (χ2n) is 7.12. The molecule has 2 amide bonds. The highest BCUT2D eigenvalue weighted by Crippen LogP contribution is 2.22. The van der Waals surface area contributed by atoms with Crippen LogP contribution < -0.4 is 5.32 Å². The van der Waals surface area contributed by atoms with Crippen LogP contribution >= 0.6 is 0 Å². The first-order chi connectivity index (χ1) is 11.4. The Labute approximate surface area is 149 Å². The summed E-state index contributed by atoms with van der Waals surface area (Å²) < 4.78 is 4.73. The van der Waals surface area contributed by atoms with E-state index < -0.39 is 17.6 Å². The van der Waals surface area contributed by atoms with Crippen molar-refractivity contribution in [3.05, 3.63) is 22.5 Å². The zero-order valence-corrected chi connectivity index (χ0v) is 16.4. The van der Waals surface area contributed by atoms with Crippen molar-refractivity contribution in [3.63, 3.8) is 0 Å². The molecule has 1 atom stereocenters. The van der Waals surface area contributed by atoms with Crippen LogP contribution in [0.4, 0.5) is 4.79 Å². The molecular weight excluding hydrogens is 322 g/mol. The quantitative estimate of drug-likeness (QED) is 0.630. The second kappa shape index (κ2) is 7.72. The number of H-pyrrole nitrogens is 1. The Morgan fingerprint density at radius 1 is 1.24 bits per heavy atom. The standard InChI is InChI=1S/C18H29N3O4/c1-9-21(17(24)20-18(5,6)7)12(4)15(22)13-10(2)14(16(23)25-8)19-11(13)3/h12,19H,9H2,1-8H3,(H,20,24). The van der Waals surface area contributed by atoms with Crippen molar-refractivity contribution < 1.29 is 19.1 Å². The zero-order chi connectivity index (χ0) is 19.5. The summed E-state index contributed by atoms with van der Waals surface area (Å²) in [7, 11) is 1.29. The molecule has 0 spiro atoms. The van der Waals surface area contributed by atoms with Crippen LogP contribution in [-0.4, -0.2) is 52.9 Å². The van der Waals surface area contributed by atoms with Gasteiger partial charge in [0, 0.05) is 23.3 Å². The van der Waals surface area contributed by atoms with Crippen LogP contribution in [0.5, 0.6) is 0 Å². The SMILES string of the molecule is CCN(C(=O)NC(C)(C)C)C(C)C(=O)c1c(C)[nH]c(C(=O)OC)c1C. The van der Waals surface area contributed by atoms with E-state index in [-0.39, 0.29) is 17.5 Å². The number of aromatic amines is 1. The van der Waals surface area contributed by atoms with Crippen molar-refractivity contribution in [1.82, 2.24) is 15.2 Å². The molecule has 0 bridgehead atoms. The number of ketones is 1. The Bertz CT molecular complexity index is 671. The number of Topliss-reactive ketones (excluding diaryl/α,β-unsaturated/α-hetero) is 1. The maximum absolute atomic E-state index is 13.0. The number of nitrogens with one attached hydrogen (secondary N) is 2. The minimum atomic E-state index is -0.661. The lowest BCUT2D eigenvalue weighted by atomic mass is 10.00. The van der Waals surface area contributed by atoms with Crippen LogP contribution in [0, 0.1) is 13.8 Å². The third-order valence-electron chi connectivity index (χ3n) is 4.00. The fourth-order valence-electron chi connectivity index (χ4n) is 2.76. The second-order valence-corrected chi connectivity index (χ2v) is 7.12. The molecule has 1 aromatic heterocycles. The lowest BCUT2D eigenvalue weighted by Gasteiger charge is -2.31. The number of ether oxygens (including phenoxy) is 1. The van der Waals surface area contributed by atoms with Gasteiger partial charge in [0.05, 0.1) is 13.2 Å². The van der Waals surface area contributed by atoms with E-state index in [1.807, 2.05) is 27.7 Å². The number of aromatic nitrogens is 1. The number of nitrogens with zero attached hydrogens (tertiary/aromatic N) is 1. The predicted molar refractivity (Wildman–Crippen MR) is 96.1 cm³/mol. The number of rotatable bonds is 5. The molecule has 25 heavy (non-hydrogen) atoms. The van der Waals surface area contributed by atoms with Gasteiger partial charge < -0.3 is 19.9 Å². The lowest BCUT2D eigenvalue weighted by Crippen LogP contribution is -2.53. The lowest BCUT2D eigenvalue weighted by molar-refractivity contribution is 0.0593. The van der Waals surface area contributed by atoms with Crippen LogP contribution in [0.15, 0.2) is 0 Å². The maximum Gasteiger partial charge on any atom is 0.354 e. The molecular formula is C18H29N3O4. The van der Waals surface area contributed by atoms with Crippen LogP contribution in [0.1, 0.15) is 66.7 Å². The summed E-state index contributed by atoms with van der Waals surface area (Å²) in [5.41, 5.74) is 1.41. The van der Waals surface area contributed by atoms with Crippen molar-refractivity contribution >= 4 is 17.8 Å².